The van der Waals surface area contributed by atoms with E-state index < -0.39 is 0 Å². The van der Waals surface area contributed by atoms with Crippen LogP contribution in [0.3, 0.4) is 0 Å². The molecule has 1 fully saturated rings. The van der Waals surface area contributed by atoms with Crippen molar-refractivity contribution in [2.75, 3.05) is 13.2 Å². The molecular weight excluding hydrogens is 142 g/mol. The molecule has 1 saturated heterocycles. The van der Waals surface area contributed by atoms with Gasteiger partial charge in [0, 0.05) is 0 Å². The van der Waals surface area contributed by atoms with Gasteiger partial charge in [-0.25, -0.2) is 0 Å². The van der Waals surface area contributed by atoms with Crippen LogP contribution in [0.4, 0.5) is 0 Å². The molecule has 1 aliphatic rings. The molecule has 0 aromatic heterocycles. The van der Waals surface area contributed by atoms with E-state index in [0.29, 0.717) is 13.2 Å². The summed E-state index contributed by atoms with van der Waals surface area (Å²) < 4.78 is 11.0. The molecule has 11 heavy (non-hydrogen) atoms. The van der Waals surface area contributed by atoms with Crippen molar-refractivity contribution >= 4 is 0 Å². The van der Waals surface area contributed by atoms with Crippen LogP contribution in [0.1, 0.15) is 20.8 Å². The summed E-state index contributed by atoms with van der Waals surface area (Å²) in [5, 5.41) is 0. The maximum atomic E-state index is 5.85. The minimum atomic E-state index is -0.320. The first-order valence-corrected chi connectivity index (χ1v) is 4.03. The average Bonchev–Trinajstić information content (AvgIpc) is 2.03. The summed E-state index contributed by atoms with van der Waals surface area (Å²) in [5.74, 6) is 0. The second-order valence-corrected chi connectivity index (χ2v) is 3.69. The SMILES string of the molecule is C[C@@H]1OCC(C)(N)CO[C@@H]1C. The van der Waals surface area contributed by atoms with E-state index in [-0.39, 0.29) is 17.7 Å². The second kappa shape index (κ2) is 3.09. The molecular formula is C8H17NO2. The van der Waals surface area contributed by atoms with Gasteiger partial charge in [-0.3, -0.25) is 0 Å². The monoisotopic (exact) mass is 159 g/mol. The molecule has 0 aliphatic carbocycles. The fraction of sp³-hybridized carbons (Fsp3) is 1.00. The van der Waals surface area contributed by atoms with E-state index in [4.69, 9.17) is 15.2 Å². The molecule has 66 valence electrons. The average molecular weight is 159 g/mol. The first-order chi connectivity index (χ1) is 5.01. The van der Waals surface area contributed by atoms with E-state index in [0.717, 1.165) is 0 Å². The van der Waals surface area contributed by atoms with Crippen LogP contribution >= 0.6 is 0 Å². The molecule has 3 heteroatoms. The van der Waals surface area contributed by atoms with Gasteiger partial charge in [0.25, 0.3) is 0 Å². The van der Waals surface area contributed by atoms with Crippen molar-refractivity contribution in [2.24, 2.45) is 5.73 Å². The van der Waals surface area contributed by atoms with Crippen LogP contribution in [0.2, 0.25) is 0 Å². The van der Waals surface area contributed by atoms with Crippen molar-refractivity contribution in [1.29, 1.82) is 0 Å². The largest absolute Gasteiger partial charge is 0.374 e. The van der Waals surface area contributed by atoms with Crippen molar-refractivity contribution in [3.63, 3.8) is 0 Å². The highest BCUT2D eigenvalue weighted by atomic mass is 16.6. The first kappa shape index (κ1) is 8.97. The number of hydrogen-bond donors (Lipinski definition) is 1. The van der Waals surface area contributed by atoms with Crippen molar-refractivity contribution in [3.8, 4) is 0 Å². The Morgan fingerprint density at radius 2 is 1.55 bits per heavy atom. The molecule has 1 unspecified atom stereocenters. The molecule has 3 atom stereocenters. The molecule has 0 bridgehead atoms. The summed E-state index contributed by atoms with van der Waals surface area (Å²) in [5.41, 5.74) is 5.53. The maximum absolute atomic E-state index is 5.85. The lowest BCUT2D eigenvalue weighted by molar-refractivity contribution is -0.0157. The Kier molecular flexibility index (Phi) is 2.52. The number of hydrogen-bond acceptors (Lipinski definition) is 3. The molecule has 0 spiro atoms. The van der Waals surface area contributed by atoms with Gasteiger partial charge in [-0.2, -0.15) is 0 Å². The third-order valence-corrected chi connectivity index (χ3v) is 2.01. The van der Waals surface area contributed by atoms with Crippen LogP contribution in [-0.4, -0.2) is 31.0 Å². The predicted molar refractivity (Wildman–Crippen MR) is 43.4 cm³/mol. The maximum Gasteiger partial charge on any atom is 0.0806 e. The Morgan fingerprint density at radius 3 is 1.91 bits per heavy atom. The lowest BCUT2D eigenvalue weighted by atomic mass is 10.1. The number of rotatable bonds is 0. The lowest BCUT2D eigenvalue weighted by Gasteiger charge is -2.20. The Morgan fingerprint density at radius 1 is 1.18 bits per heavy atom. The van der Waals surface area contributed by atoms with Crippen LogP contribution in [0.25, 0.3) is 0 Å². The molecule has 0 aromatic rings. The number of nitrogens with two attached hydrogens (primary N) is 1. The van der Waals surface area contributed by atoms with Crippen LogP contribution < -0.4 is 5.73 Å². The Bertz CT molecular complexity index is 122. The van der Waals surface area contributed by atoms with Crippen molar-refractivity contribution < 1.29 is 9.47 Å². The van der Waals surface area contributed by atoms with Gasteiger partial charge in [-0.15, -0.1) is 0 Å². The van der Waals surface area contributed by atoms with Gasteiger partial charge in [-0.05, 0) is 20.8 Å². The summed E-state index contributed by atoms with van der Waals surface area (Å²) in [6, 6.07) is 0. The molecule has 2 N–H and O–H groups in total. The van der Waals surface area contributed by atoms with E-state index >= 15 is 0 Å². The van der Waals surface area contributed by atoms with Gasteiger partial charge in [-0.1, -0.05) is 0 Å². The molecule has 1 rings (SSSR count). The first-order valence-electron chi connectivity index (χ1n) is 4.03. The normalized spacial score (nSPS) is 46.9. The van der Waals surface area contributed by atoms with Gasteiger partial charge >= 0.3 is 0 Å². The van der Waals surface area contributed by atoms with Gasteiger partial charge in [0.15, 0.2) is 0 Å². The third-order valence-electron chi connectivity index (χ3n) is 2.01. The molecule has 1 heterocycles. The highest BCUT2D eigenvalue weighted by Crippen LogP contribution is 2.14. The summed E-state index contributed by atoms with van der Waals surface area (Å²) in [7, 11) is 0. The fourth-order valence-corrected chi connectivity index (χ4v) is 0.956. The smallest absolute Gasteiger partial charge is 0.0806 e. The lowest BCUT2D eigenvalue weighted by Crippen LogP contribution is -2.44. The molecule has 0 saturated carbocycles. The zero-order valence-electron chi connectivity index (χ0n) is 7.46. The summed E-state index contributed by atoms with van der Waals surface area (Å²) in [6.07, 6.45) is 0.306. The topological polar surface area (TPSA) is 44.5 Å². The van der Waals surface area contributed by atoms with E-state index in [1.807, 2.05) is 20.8 Å². The minimum absolute atomic E-state index is 0.153. The predicted octanol–water partition coefficient (Wildman–Crippen LogP) is 0.528. The minimum Gasteiger partial charge on any atom is -0.374 e. The molecule has 0 aromatic carbocycles. The standard InChI is InChI=1S/C8H17NO2/c1-6-7(2)11-5-8(3,9)4-10-6/h6-7H,4-5,9H2,1-3H3/t6-,7+,8?. The second-order valence-electron chi connectivity index (χ2n) is 3.69. The molecule has 3 nitrogen and oxygen atoms in total. The van der Waals surface area contributed by atoms with E-state index in [1.165, 1.54) is 0 Å². The fourth-order valence-electron chi connectivity index (χ4n) is 0.956. The summed E-state index contributed by atoms with van der Waals surface area (Å²) in [6.45, 7) is 7.12. The van der Waals surface area contributed by atoms with Crippen LogP contribution in [0.5, 0.6) is 0 Å². The van der Waals surface area contributed by atoms with Crippen molar-refractivity contribution in [1.82, 2.24) is 0 Å². The van der Waals surface area contributed by atoms with E-state index in [2.05, 4.69) is 0 Å². The molecule has 0 amide bonds. The van der Waals surface area contributed by atoms with Gasteiger partial charge < -0.3 is 15.2 Å². The highest BCUT2D eigenvalue weighted by molar-refractivity contribution is 4.82. The van der Waals surface area contributed by atoms with E-state index in [9.17, 15) is 0 Å². The van der Waals surface area contributed by atoms with Crippen LogP contribution in [0, 0.1) is 0 Å². The Hall–Kier alpha value is -0.120. The molecule has 1 aliphatic heterocycles. The van der Waals surface area contributed by atoms with E-state index in [1.54, 1.807) is 0 Å². The third kappa shape index (κ3) is 2.43. The quantitative estimate of drug-likeness (QED) is 0.560. The summed E-state index contributed by atoms with van der Waals surface area (Å²) >= 11 is 0. The molecule has 0 radical (unpaired) electrons. The Balaban J connectivity index is 2.51. The van der Waals surface area contributed by atoms with Crippen molar-refractivity contribution in [2.45, 2.75) is 38.5 Å². The van der Waals surface area contributed by atoms with Gasteiger partial charge in [0.1, 0.15) is 0 Å². The van der Waals surface area contributed by atoms with Crippen molar-refractivity contribution in [3.05, 3.63) is 0 Å². The zero-order valence-corrected chi connectivity index (χ0v) is 7.46. The van der Waals surface area contributed by atoms with Gasteiger partial charge in [0.05, 0.1) is 31.0 Å². The zero-order chi connectivity index (χ0) is 8.48. The Labute approximate surface area is 67.9 Å². The summed E-state index contributed by atoms with van der Waals surface area (Å²) in [4.78, 5) is 0. The highest BCUT2D eigenvalue weighted by Gasteiger charge is 2.27. The van der Waals surface area contributed by atoms with Crippen LogP contribution in [-0.2, 0) is 9.47 Å². The number of ether oxygens (including phenoxy) is 2. The van der Waals surface area contributed by atoms with Gasteiger partial charge in [0.2, 0.25) is 0 Å². The van der Waals surface area contributed by atoms with Crippen LogP contribution in [0.15, 0.2) is 0 Å².